The Bertz CT molecular complexity index is 390. The van der Waals surface area contributed by atoms with Crippen molar-refractivity contribution in [2.45, 2.75) is 55.4 Å². The summed E-state index contributed by atoms with van der Waals surface area (Å²) in [7, 11) is 1.68. The lowest BCUT2D eigenvalue weighted by molar-refractivity contribution is 0.415. The molecular weight excluding hydrogens is 268 g/mol. The fourth-order valence-electron chi connectivity index (χ4n) is 1.32. The molecule has 0 aliphatic rings. The van der Waals surface area contributed by atoms with E-state index in [-0.39, 0.29) is 0 Å². The Kier molecular flexibility index (Phi) is 24.7. The third-order valence-electron chi connectivity index (χ3n) is 2.41. The van der Waals surface area contributed by atoms with Crippen molar-refractivity contribution in [3.05, 3.63) is 60.2 Å². The van der Waals surface area contributed by atoms with E-state index >= 15 is 0 Å². The first kappa shape index (κ1) is 25.2. The van der Waals surface area contributed by atoms with Crippen LogP contribution in [0, 0.1) is 0 Å². The number of methoxy groups -OCH3 is 1. The van der Waals surface area contributed by atoms with Crippen molar-refractivity contribution >= 4 is 5.57 Å². The van der Waals surface area contributed by atoms with Crippen LogP contribution in [0.4, 0.5) is 0 Å². The zero-order valence-corrected chi connectivity index (χ0v) is 16.1. The number of hydrogen-bond donors (Lipinski definition) is 0. The molecule has 1 heteroatoms. The molecule has 0 saturated heterocycles. The molecule has 0 atom stereocenters. The molecule has 0 aromatic heterocycles. The van der Waals surface area contributed by atoms with Gasteiger partial charge in [0.1, 0.15) is 5.75 Å². The molecule has 0 aliphatic heterocycles. The molecule has 0 unspecified atom stereocenters. The lowest BCUT2D eigenvalue weighted by Gasteiger charge is -2.03. The van der Waals surface area contributed by atoms with Gasteiger partial charge in [0.2, 0.25) is 0 Å². The Morgan fingerprint density at radius 1 is 0.773 bits per heavy atom. The van der Waals surface area contributed by atoms with Crippen molar-refractivity contribution in [2.24, 2.45) is 0 Å². The SMILES string of the molecule is C/C=C\C.C/C=C\C(=C/C)c1ccc(OC)cc1.CC.CC. The summed E-state index contributed by atoms with van der Waals surface area (Å²) in [6.45, 7) is 16.1. The molecule has 1 aromatic carbocycles. The molecule has 0 amide bonds. The molecule has 126 valence electrons. The third-order valence-corrected chi connectivity index (χ3v) is 2.41. The summed E-state index contributed by atoms with van der Waals surface area (Å²) >= 11 is 0. The van der Waals surface area contributed by atoms with Crippen LogP contribution < -0.4 is 4.74 Å². The van der Waals surface area contributed by atoms with Crippen LogP contribution in [0.2, 0.25) is 0 Å². The van der Waals surface area contributed by atoms with Crippen LogP contribution in [0.5, 0.6) is 5.75 Å². The van der Waals surface area contributed by atoms with Crippen molar-refractivity contribution in [1.29, 1.82) is 0 Å². The number of rotatable bonds is 3. The summed E-state index contributed by atoms with van der Waals surface area (Å²) in [5.74, 6) is 0.893. The van der Waals surface area contributed by atoms with Gasteiger partial charge in [-0.05, 0) is 51.0 Å². The Morgan fingerprint density at radius 2 is 1.23 bits per heavy atom. The molecule has 0 radical (unpaired) electrons. The minimum absolute atomic E-state index is 0.893. The summed E-state index contributed by atoms with van der Waals surface area (Å²) < 4.78 is 5.11. The van der Waals surface area contributed by atoms with E-state index in [0.29, 0.717) is 0 Å². The Balaban J connectivity index is -0.000000383. The highest BCUT2D eigenvalue weighted by atomic mass is 16.5. The molecule has 0 N–H and O–H groups in total. The first-order valence-corrected chi connectivity index (χ1v) is 8.24. The molecule has 1 rings (SSSR count). The second-order valence-corrected chi connectivity index (χ2v) is 3.64. The van der Waals surface area contributed by atoms with Crippen molar-refractivity contribution in [1.82, 2.24) is 0 Å². The maximum Gasteiger partial charge on any atom is 0.118 e. The standard InChI is InChI=1S/C13H16O.C4H8.2C2H6/c1-4-6-11(5-2)12-7-9-13(14-3)10-8-12;1-3-4-2;2*1-2/h4-10H,1-3H3;3-4H,1-2H3;2*1-2H3/b6-4-,11-5+;4-3-;;. The fraction of sp³-hybridized carbons (Fsp3) is 0.429. The van der Waals surface area contributed by atoms with Crippen molar-refractivity contribution < 1.29 is 4.74 Å². The highest BCUT2D eigenvalue weighted by Gasteiger charge is 1.96. The van der Waals surface area contributed by atoms with Crippen LogP contribution in [-0.2, 0) is 0 Å². The second-order valence-electron chi connectivity index (χ2n) is 3.64. The maximum atomic E-state index is 5.11. The zero-order chi connectivity index (χ0) is 17.8. The quantitative estimate of drug-likeness (QED) is 0.420. The maximum absolute atomic E-state index is 5.11. The van der Waals surface area contributed by atoms with E-state index in [2.05, 4.69) is 24.3 Å². The van der Waals surface area contributed by atoms with Crippen LogP contribution in [0.1, 0.15) is 61.0 Å². The monoisotopic (exact) mass is 304 g/mol. The molecule has 0 spiro atoms. The fourth-order valence-corrected chi connectivity index (χ4v) is 1.32. The van der Waals surface area contributed by atoms with Crippen molar-refractivity contribution in [2.75, 3.05) is 7.11 Å². The molecule has 0 saturated carbocycles. The van der Waals surface area contributed by atoms with Gasteiger partial charge in [-0.2, -0.15) is 0 Å². The number of allylic oxidation sites excluding steroid dienone is 6. The minimum atomic E-state index is 0.893. The Morgan fingerprint density at radius 3 is 1.50 bits per heavy atom. The molecule has 1 aromatic rings. The normalized spacial score (nSPS) is 9.95. The Labute approximate surface area is 139 Å². The van der Waals surface area contributed by atoms with Gasteiger partial charge in [-0.15, -0.1) is 0 Å². The van der Waals surface area contributed by atoms with E-state index in [1.165, 1.54) is 11.1 Å². The van der Waals surface area contributed by atoms with Gasteiger partial charge in [0.25, 0.3) is 0 Å². The second kappa shape index (κ2) is 21.5. The van der Waals surface area contributed by atoms with Crippen LogP contribution in [0.3, 0.4) is 0 Å². The topological polar surface area (TPSA) is 9.23 Å². The molecular formula is C21H36O. The zero-order valence-electron chi connectivity index (χ0n) is 16.1. The summed E-state index contributed by atoms with van der Waals surface area (Å²) in [5, 5.41) is 0. The van der Waals surface area contributed by atoms with Gasteiger partial charge in [0, 0.05) is 0 Å². The smallest absolute Gasteiger partial charge is 0.118 e. The van der Waals surface area contributed by atoms with E-state index in [9.17, 15) is 0 Å². The van der Waals surface area contributed by atoms with Gasteiger partial charge in [0.05, 0.1) is 7.11 Å². The lowest BCUT2D eigenvalue weighted by atomic mass is 10.1. The van der Waals surface area contributed by atoms with E-state index in [1.807, 2.05) is 85.8 Å². The molecule has 0 bridgehead atoms. The summed E-state index contributed by atoms with van der Waals surface area (Å²) in [4.78, 5) is 0. The van der Waals surface area contributed by atoms with Gasteiger partial charge in [-0.25, -0.2) is 0 Å². The van der Waals surface area contributed by atoms with Gasteiger partial charge in [-0.3, -0.25) is 0 Å². The average Bonchev–Trinajstić information content (AvgIpc) is 2.63. The van der Waals surface area contributed by atoms with E-state index in [1.54, 1.807) is 7.11 Å². The first-order valence-electron chi connectivity index (χ1n) is 8.24. The van der Waals surface area contributed by atoms with Gasteiger partial charge in [0.15, 0.2) is 0 Å². The predicted octanol–water partition coefficient (Wildman–Crippen LogP) is 7.31. The molecule has 22 heavy (non-hydrogen) atoms. The highest BCUT2D eigenvalue weighted by molar-refractivity contribution is 5.73. The van der Waals surface area contributed by atoms with Crippen molar-refractivity contribution in [3.63, 3.8) is 0 Å². The van der Waals surface area contributed by atoms with E-state index in [4.69, 9.17) is 4.74 Å². The van der Waals surface area contributed by atoms with Gasteiger partial charge >= 0.3 is 0 Å². The van der Waals surface area contributed by atoms with Gasteiger partial charge < -0.3 is 4.74 Å². The van der Waals surface area contributed by atoms with Crippen LogP contribution >= 0.6 is 0 Å². The molecule has 0 heterocycles. The number of hydrogen-bond acceptors (Lipinski definition) is 1. The van der Waals surface area contributed by atoms with Crippen LogP contribution in [-0.4, -0.2) is 7.11 Å². The van der Waals surface area contributed by atoms with E-state index < -0.39 is 0 Å². The Hall–Kier alpha value is -1.76. The van der Waals surface area contributed by atoms with Crippen LogP contribution in [0.15, 0.2) is 54.6 Å². The average molecular weight is 305 g/mol. The minimum Gasteiger partial charge on any atom is -0.497 e. The predicted molar refractivity (Wildman–Crippen MR) is 105 cm³/mol. The molecule has 1 nitrogen and oxygen atoms in total. The van der Waals surface area contributed by atoms with E-state index in [0.717, 1.165) is 5.75 Å². The largest absolute Gasteiger partial charge is 0.497 e. The van der Waals surface area contributed by atoms with Gasteiger partial charge in [-0.1, -0.05) is 70.2 Å². The molecule has 0 fully saturated rings. The van der Waals surface area contributed by atoms with Crippen molar-refractivity contribution in [3.8, 4) is 5.75 Å². The first-order chi connectivity index (χ1) is 10.7. The third kappa shape index (κ3) is 13.2. The summed E-state index contributed by atoms with van der Waals surface area (Å²) in [6, 6.07) is 8.08. The molecule has 0 aliphatic carbocycles. The highest BCUT2D eigenvalue weighted by Crippen LogP contribution is 2.19. The lowest BCUT2D eigenvalue weighted by Crippen LogP contribution is -1.84. The number of ether oxygens (including phenoxy) is 1. The number of benzene rings is 1. The van der Waals surface area contributed by atoms with Crippen LogP contribution in [0.25, 0.3) is 5.57 Å². The summed E-state index contributed by atoms with van der Waals surface area (Å²) in [5.41, 5.74) is 2.45. The summed E-state index contributed by atoms with van der Waals surface area (Å²) in [6.07, 6.45) is 10.2.